The van der Waals surface area contributed by atoms with Gasteiger partial charge in [0.05, 0.1) is 11.4 Å². The van der Waals surface area contributed by atoms with Crippen molar-refractivity contribution >= 4 is 44.0 Å². The first-order valence-corrected chi connectivity index (χ1v) is 9.05. The molecule has 3 heterocycles. The molecule has 0 N–H and O–H groups in total. The second kappa shape index (κ2) is 5.82. The Morgan fingerprint density at radius 1 is 1.23 bits per heavy atom. The van der Waals surface area contributed by atoms with Crippen LogP contribution in [-0.2, 0) is 5.75 Å². The van der Waals surface area contributed by atoms with Crippen molar-refractivity contribution in [1.29, 1.82) is 0 Å². The lowest BCUT2D eigenvalue weighted by Gasteiger charge is -2.03. The number of hydrogen-bond acceptors (Lipinski definition) is 6. The summed E-state index contributed by atoms with van der Waals surface area (Å²) in [5, 5.41) is 14.7. The third-order valence-electron chi connectivity index (χ3n) is 3.05. The van der Waals surface area contributed by atoms with Gasteiger partial charge >= 0.3 is 0 Å². The van der Waals surface area contributed by atoms with Crippen molar-refractivity contribution in [1.82, 2.24) is 29.6 Å². The fourth-order valence-electron chi connectivity index (χ4n) is 2.03. The first kappa shape index (κ1) is 13.9. The Morgan fingerprint density at radius 3 is 2.91 bits per heavy atom. The van der Waals surface area contributed by atoms with Crippen LogP contribution in [0.1, 0.15) is 5.69 Å². The molecular formula is C13H9BrN6S2. The summed E-state index contributed by atoms with van der Waals surface area (Å²) in [7, 11) is 0. The number of para-hydroxylation sites is 1. The SMILES string of the molecule is Brc1c(CSc2nnnn2-c2ccccc2)nc2sccn12. The zero-order valence-corrected chi connectivity index (χ0v) is 14.3. The normalized spacial score (nSPS) is 11.3. The van der Waals surface area contributed by atoms with Crippen LogP contribution in [-0.4, -0.2) is 29.6 Å². The molecule has 4 rings (SSSR count). The molecule has 6 nitrogen and oxygen atoms in total. The maximum Gasteiger partial charge on any atom is 0.214 e. The first-order chi connectivity index (χ1) is 10.8. The van der Waals surface area contributed by atoms with Gasteiger partial charge in [-0.2, -0.15) is 4.68 Å². The number of aromatic nitrogens is 6. The van der Waals surface area contributed by atoms with Gasteiger partial charge in [-0.1, -0.05) is 30.0 Å². The standard InChI is InChI=1S/C13H9BrN6S2/c14-11-10(15-12-19(11)6-7-21-12)8-22-13-16-17-18-20(13)9-4-2-1-3-5-9/h1-7H,8H2. The highest BCUT2D eigenvalue weighted by molar-refractivity contribution is 9.10. The smallest absolute Gasteiger partial charge is 0.214 e. The van der Waals surface area contributed by atoms with Crippen LogP contribution in [0.15, 0.2) is 51.7 Å². The summed E-state index contributed by atoms with van der Waals surface area (Å²) >= 11 is 6.77. The maximum absolute atomic E-state index is 4.61. The third-order valence-corrected chi connectivity index (χ3v) is 5.58. The molecule has 0 atom stereocenters. The van der Waals surface area contributed by atoms with Crippen LogP contribution >= 0.6 is 39.0 Å². The number of thiazole rings is 1. The Hall–Kier alpha value is -1.71. The molecule has 0 aliphatic rings. The summed E-state index contributed by atoms with van der Waals surface area (Å²) in [6.45, 7) is 0. The molecule has 0 saturated carbocycles. The van der Waals surface area contributed by atoms with Crippen molar-refractivity contribution in [2.75, 3.05) is 0 Å². The van der Waals surface area contributed by atoms with Crippen molar-refractivity contribution in [3.63, 3.8) is 0 Å². The predicted molar refractivity (Wildman–Crippen MR) is 89.5 cm³/mol. The van der Waals surface area contributed by atoms with Crippen LogP contribution in [0.25, 0.3) is 10.6 Å². The summed E-state index contributed by atoms with van der Waals surface area (Å²) in [4.78, 5) is 5.59. The number of hydrogen-bond donors (Lipinski definition) is 0. The minimum Gasteiger partial charge on any atom is -0.284 e. The van der Waals surface area contributed by atoms with Gasteiger partial charge in [0.1, 0.15) is 4.60 Å². The summed E-state index contributed by atoms with van der Waals surface area (Å²) in [6.07, 6.45) is 2.00. The molecule has 0 spiro atoms. The second-order valence-electron chi connectivity index (χ2n) is 4.40. The highest BCUT2D eigenvalue weighted by atomic mass is 79.9. The first-order valence-electron chi connectivity index (χ1n) is 6.39. The molecule has 22 heavy (non-hydrogen) atoms. The van der Waals surface area contributed by atoms with Gasteiger partial charge in [0, 0.05) is 17.3 Å². The van der Waals surface area contributed by atoms with E-state index in [-0.39, 0.29) is 0 Å². The van der Waals surface area contributed by atoms with Crippen molar-refractivity contribution in [3.05, 3.63) is 52.2 Å². The van der Waals surface area contributed by atoms with Gasteiger partial charge in [-0.05, 0) is 38.5 Å². The molecular weight excluding hydrogens is 384 g/mol. The van der Waals surface area contributed by atoms with Gasteiger partial charge < -0.3 is 0 Å². The van der Waals surface area contributed by atoms with Gasteiger partial charge in [-0.25, -0.2) is 4.98 Å². The fraction of sp³-hybridized carbons (Fsp3) is 0.0769. The third kappa shape index (κ3) is 2.44. The second-order valence-corrected chi connectivity index (χ2v) is 6.97. The molecule has 4 aromatic rings. The molecule has 0 aliphatic heterocycles. The van der Waals surface area contributed by atoms with E-state index >= 15 is 0 Å². The summed E-state index contributed by atoms with van der Waals surface area (Å²) in [5.74, 6) is 0.697. The van der Waals surface area contributed by atoms with E-state index in [1.807, 2.05) is 46.3 Å². The lowest BCUT2D eigenvalue weighted by molar-refractivity contribution is 0.756. The van der Waals surface area contributed by atoms with Crippen LogP contribution in [0, 0.1) is 0 Å². The van der Waals surface area contributed by atoms with Crippen molar-refractivity contribution in [3.8, 4) is 5.69 Å². The Morgan fingerprint density at radius 2 is 2.09 bits per heavy atom. The monoisotopic (exact) mass is 392 g/mol. The number of halogens is 1. The zero-order chi connectivity index (χ0) is 14.9. The van der Waals surface area contributed by atoms with Gasteiger partial charge in [0.2, 0.25) is 5.16 Å². The van der Waals surface area contributed by atoms with E-state index in [2.05, 4.69) is 36.4 Å². The molecule has 0 unspecified atom stereocenters. The summed E-state index contributed by atoms with van der Waals surface area (Å²) < 4.78 is 4.74. The van der Waals surface area contributed by atoms with Crippen molar-refractivity contribution in [2.45, 2.75) is 10.9 Å². The Bertz CT molecular complexity index is 913. The number of benzene rings is 1. The molecule has 110 valence electrons. The van der Waals surface area contributed by atoms with E-state index in [9.17, 15) is 0 Å². The molecule has 9 heteroatoms. The van der Waals surface area contributed by atoms with Crippen LogP contribution in [0.4, 0.5) is 0 Å². The molecule has 1 aromatic carbocycles. The van der Waals surface area contributed by atoms with E-state index in [0.29, 0.717) is 5.75 Å². The van der Waals surface area contributed by atoms with Gasteiger partial charge in [0.15, 0.2) is 4.96 Å². The van der Waals surface area contributed by atoms with Crippen LogP contribution < -0.4 is 0 Å². The van der Waals surface area contributed by atoms with Crippen molar-refractivity contribution in [2.24, 2.45) is 0 Å². The lowest BCUT2D eigenvalue weighted by Crippen LogP contribution is -1.98. The van der Waals surface area contributed by atoms with E-state index in [1.54, 1.807) is 27.8 Å². The minimum absolute atomic E-state index is 0.697. The van der Waals surface area contributed by atoms with Crippen LogP contribution in [0.2, 0.25) is 0 Å². The number of rotatable bonds is 4. The maximum atomic E-state index is 4.61. The Labute approximate surface area is 142 Å². The van der Waals surface area contributed by atoms with E-state index < -0.39 is 0 Å². The lowest BCUT2D eigenvalue weighted by atomic mass is 10.3. The van der Waals surface area contributed by atoms with Crippen LogP contribution in [0.5, 0.6) is 0 Å². The quantitative estimate of drug-likeness (QED) is 0.497. The van der Waals surface area contributed by atoms with Gasteiger partial charge in [0.25, 0.3) is 0 Å². The number of tetrazole rings is 1. The Kier molecular flexibility index (Phi) is 3.68. The predicted octanol–water partition coefficient (Wildman–Crippen LogP) is 3.43. The Balaban J connectivity index is 1.59. The summed E-state index contributed by atoms with van der Waals surface area (Å²) in [5.41, 5.74) is 1.93. The van der Waals surface area contributed by atoms with E-state index in [0.717, 1.165) is 26.1 Å². The van der Waals surface area contributed by atoms with Gasteiger partial charge in [-0.15, -0.1) is 16.4 Å². The molecule has 0 fully saturated rings. The van der Waals surface area contributed by atoms with E-state index in [4.69, 9.17) is 0 Å². The highest BCUT2D eigenvalue weighted by Crippen LogP contribution is 2.28. The van der Waals surface area contributed by atoms with Gasteiger partial charge in [-0.3, -0.25) is 4.40 Å². The number of thioether (sulfide) groups is 1. The van der Waals surface area contributed by atoms with Crippen LogP contribution in [0.3, 0.4) is 0 Å². The highest BCUT2D eigenvalue weighted by Gasteiger charge is 2.14. The number of nitrogens with zero attached hydrogens (tertiary/aromatic N) is 6. The average molecular weight is 393 g/mol. The number of fused-ring (bicyclic) bond motifs is 1. The molecule has 0 radical (unpaired) electrons. The molecule has 3 aromatic heterocycles. The average Bonchev–Trinajstić information content (AvgIpc) is 3.25. The summed E-state index contributed by atoms with van der Waals surface area (Å²) in [6, 6.07) is 9.85. The molecule has 0 saturated heterocycles. The van der Waals surface area contributed by atoms with E-state index in [1.165, 1.54) is 0 Å². The largest absolute Gasteiger partial charge is 0.284 e. The zero-order valence-electron chi connectivity index (χ0n) is 11.1. The molecule has 0 amide bonds. The topological polar surface area (TPSA) is 60.9 Å². The minimum atomic E-state index is 0.697. The van der Waals surface area contributed by atoms with Crippen molar-refractivity contribution < 1.29 is 0 Å². The number of imidazole rings is 1. The molecule has 0 bridgehead atoms. The fourth-order valence-corrected chi connectivity index (χ4v) is 4.40. The molecule has 0 aliphatic carbocycles.